The second kappa shape index (κ2) is 7.59. The Morgan fingerprint density at radius 2 is 1.86 bits per heavy atom. The molecular formula is C20H18FN5O2. The number of hydrogen-bond donors (Lipinski definition) is 1. The van der Waals surface area contributed by atoms with Crippen molar-refractivity contribution in [1.82, 2.24) is 9.97 Å². The van der Waals surface area contributed by atoms with Crippen molar-refractivity contribution < 1.29 is 9.31 Å². The van der Waals surface area contributed by atoms with Crippen LogP contribution in [0.15, 0.2) is 54.9 Å². The minimum atomic E-state index is -0.456. The van der Waals surface area contributed by atoms with E-state index in [9.17, 15) is 14.5 Å². The van der Waals surface area contributed by atoms with Crippen LogP contribution >= 0.6 is 0 Å². The molecule has 0 atom stereocenters. The van der Waals surface area contributed by atoms with Crippen molar-refractivity contribution in [2.75, 3.05) is 16.8 Å². The summed E-state index contributed by atoms with van der Waals surface area (Å²) >= 11 is 0. The number of anilines is 2. The fourth-order valence-corrected chi connectivity index (χ4v) is 3.36. The van der Waals surface area contributed by atoms with E-state index in [-0.39, 0.29) is 17.3 Å². The third-order valence-corrected chi connectivity index (χ3v) is 4.79. The minimum absolute atomic E-state index is 0.149. The average molecular weight is 379 g/mol. The van der Waals surface area contributed by atoms with Gasteiger partial charge in [0, 0.05) is 19.6 Å². The van der Waals surface area contributed by atoms with Gasteiger partial charge in [0.15, 0.2) is 0 Å². The second-order valence-corrected chi connectivity index (χ2v) is 6.57. The van der Waals surface area contributed by atoms with Crippen molar-refractivity contribution in [3.8, 4) is 0 Å². The van der Waals surface area contributed by atoms with Gasteiger partial charge in [0.05, 0.1) is 4.92 Å². The van der Waals surface area contributed by atoms with Crippen LogP contribution in [0.4, 0.5) is 21.7 Å². The van der Waals surface area contributed by atoms with Crippen LogP contribution in [0.3, 0.4) is 0 Å². The van der Waals surface area contributed by atoms with Gasteiger partial charge in [-0.15, -0.1) is 0 Å². The molecule has 1 N–H and O–H groups in total. The summed E-state index contributed by atoms with van der Waals surface area (Å²) < 4.78 is 13.0. The fraction of sp³-hybridized carbons (Fsp3) is 0.200. The normalized spacial score (nSPS) is 13.1. The number of halogens is 1. The zero-order chi connectivity index (χ0) is 19.5. The Balaban J connectivity index is 1.61. The van der Waals surface area contributed by atoms with Crippen molar-refractivity contribution in [3.05, 3.63) is 87.5 Å². The first-order valence-electron chi connectivity index (χ1n) is 8.91. The van der Waals surface area contributed by atoms with Crippen LogP contribution in [0.5, 0.6) is 0 Å². The Kier molecular flexibility index (Phi) is 4.84. The third kappa shape index (κ3) is 3.62. The summed E-state index contributed by atoms with van der Waals surface area (Å²) in [4.78, 5) is 21.5. The molecule has 0 spiro atoms. The van der Waals surface area contributed by atoms with Gasteiger partial charge in [0.1, 0.15) is 12.1 Å². The molecule has 3 aromatic rings. The molecule has 1 aliphatic rings. The predicted molar refractivity (Wildman–Crippen MR) is 104 cm³/mol. The maximum Gasteiger partial charge on any atom is 0.353 e. The van der Waals surface area contributed by atoms with Gasteiger partial charge in [-0.05, 0) is 35.2 Å². The molecule has 1 aliphatic heterocycles. The first-order valence-corrected chi connectivity index (χ1v) is 8.91. The summed E-state index contributed by atoms with van der Waals surface area (Å²) in [5, 5.41) is 14.8. The Morgan fingerprint density at radius 3 is 2.61 bits per heavy atom. The topological polar surface area (TPSA) is 84.2 Å². The zero-order valence-electron chi connectivity index (χ0n) is 15.0. The molecule has 0 bridgehead atoms. The zero-order valence-corrected chi connectivity index (χ0v) is 15.0. The highest BCUT2D eigenvalue weighted by molar-refractivity contribution is 5.70. The van der Waals surface area contributed by atoms with E-state index in [1.807, 2.05) is 23.1 Å². The summed E-state index contributed by atoms with van der Waals surface area (Å²) in [5.41, 5.74) is 3.04. The van der Waals surface area contributed by atoms with Crippen molar-refractivity contribution in [2.24, 2.45) is 0 Å². The molecule has 142 valence electrons. The highest BCUT2D eigenvalue weighted by atomic mass is 19.1. The van der Waals surface area contributed by atoms with Crippen LogP contribution in [0.25, 0.3) is 0 Å². The second-order valence-electron chi connectivity index (χ2n) is 6.57. The Hall–Kier alpha value is -3.55. The number of nitro groups is 1. The summed E-state index contributed by atoms with van der Waals surface area (Å²) in [5.74, 6) is 0.124. The summed E-state index contributed by atoms with van der Waals surface area (Å²) in [6, 6.07) is 14.0. The predicted octanol–water partition coefficient (Wildman–Crippen LogP) is 3.70. The molecular weight excluding hydrogens is 361 g/mol. The Labute approximate surface area is 161 Å². The van der Waals surface area contributed by atoms with Gasteiger partial charge in [-0.25, -0.2) is 14.4 Å². The molecule has 4 rings (SSSR count). The third-order valence-electron chi connectivity index (χ3n) is 4.79. The molecule has 0 saturated heterocycles. The van der Waals surface area contributed by atoms with E-state index in [1.54, 1.807) is 12.1 Å². The molecule has 2 aromatic carbocycles. The number of nitrogens with one attached hydrogen (secondary N) is 1. The lowest BCUT2D eigenvalue weighted by Gasteiger charge is -2.29. The molecule has 0 unspecified atom stereocenters. The number of hydrogen-bond acceptors (Lipinski definition) is 6. The number of fused-ring (bicyclic) bond motifs is 1. The Bertz CT molecular complexity index is 1010. The van der Waals surface area contributed by atoms with Crippen LogP contribution in [0.2, 0.25) is 0 Å². The highest BCUT2D eigenvalue weighted by Gasteiger charge is 2.29. The van der Waals surface area contributed by atoms with Gasteiger partial charge in [-0.3, -0.25) is 10.1 Å². The van der Waals surface area contributed by atoms with Crippen molar-refractivity contribution in [2.45, 2.75) is 19.5 Å². The summed E-state index contributed by atoms with van der Waals surface area (Å²) in [7, 11) is 0. The van der Waals surface area contributed by atoms with Crippen molar-refractivity contribution in [3.63, 3.8) is 0 Å². The van der Waals surface area contributed by atoms with Crippen LogP contribution in [-0.4, -0.2) is 21.4 Å². The molecule has 28 heavy (non-hydrogen) atoms. The Morgan fingerprint density at radius 1 is 1.11 bits per heavy atom. The number of aromatic nitrogens is 2. The molecule has 8 heteroatoms. The van der Waals surface area contributed by atoms with E-state index in [0.29, 0.717) is 25.5 Å². The van der Waals surface area contributed by atoms with Crippen molar-refractivity contribution in [1.29, 1.82) is 0 Å². The van der Waals surface area contributed by atoms with E-state index >= 15 is 0 Å². The lowest BCUT2D eigenvalue weighted by atomic mass is 10.00. The maximum atomic E-state index is 13.0. The van der Waals surface area contributed by atoms with E-state index in [2.05, 4.69) is 21.4 Å². The quantitative estimate of drug-likeness (QED) is 0.538. The summed E-state index contributed by atoms with van der Waals surface area (Å²) in [6.07, 6.45) is 2.13. The van der Waals surface area contributed by atoms with Gasteiger partial charge in [-0.1, -0.05) is 36.4 Å². The van der Waals surface area contributed by atoms with E-state index in [4.69, 9.17) is 0 Å². The summed E-state index contributed by atoms with van der Waals surface area (Å²) in [6.45, 7) is 1.50. The molecule has 1 aromatic heterocycles. The van der Waals surface area contributed by atoms with Gasteiger partial charge < -0.3 is 10.2 Å². The molecule has 0 aliphatic carbocycles. The molecule has 0 radical (unpaired) electrons. The first kappa shape index (κ1) is 17.8. The fourth-order valence-electron chi connectivity index (χ4n) is 3.36. The maximum absolute atomic E-state index is 13.0. The van der Waals surface area contributed by atoms with Crippen LogP contribution < -0.4 is 10.2 Å². The minimum Gasteiger partial charge on any atom is -0.360 e. The van der Waals surface area contributed by atoms with Gasteiger partial charge in [0.2, 0.25) is 11.6 Å². The van der Waals surface area contributed by atoms with Gasteiger partial charge in [-0.2, -0.15) is 0 Å². The number of rotatable bonds is 5. The molecule has 0 amide bonds. The highest BCUT2D eigenvalue weighted by Crippen LogP contribution is 2.34. The largest absolute Gasteiger partial charge is 0.360 e. The molecule has 0 saturated carbocycles. The average Bonchev–Trinajstić information content (AvgIpc) is 2.72. The van der Waals surface area contributed by atoms with E-state index in [0.717, 1.165) is 17.5 Å². The van der Waals surface area contributed by atoms with Crippen LogP contribution in [-0.2, 0) is 19.5 Å². The number of benzene rings is 2. The number of nitrogens with zero attached hydrogens (tertiary/aromatic N) is 4. The lowest BCUT2D eigenvalue weighted by Crippen LogP contribution is -2.31. The van der Waals surface area contributed by atoms with E-state index in [1.165, 1.54) is 24.0 Å². The molecule has 2 heterocycles. The molecule has 7 nitrogen and oxygen atoms in total. The lowest BCUT2D eigenvalue weighted by molar-refractivity contribution is -0.383. The molecule has 0 fully saturated rings. The van der Waals surface area contributed by atoms with Gasteiger partial charge in [0.25, 0.3) is 0 Å². The van der Waals surface area contributed by atoms with E-state index < -0.39 is 4.92 Å². The van der Waals surface area contributed by atoms with Gasteiger partial charge >= 0.3 is 5.69 Å². The SMILES string of the molecule is O=[N+]([O-])c1c(NCc2ccc(F)cc2)ncnc1N1CCc2ccccc2C1. The smallest absolute Gasteiger partial charge is 0.353 e. The first-order chi connectivity index (χ1) is 13.6. The standard InChI is InChI=1S/C20H18FN5O2/c21-17-7-5-14(6-8-17)11-22-19-18(26(27)28)20(24-13-23-19)25-10-9-15-3-1-2-4-16(15)12-25/h1-8,13H,9-12H2,(H,22,23,24). The monoisotopic (exact) mass is 379 g/mol. The van der Waals surface area contributed by atoms with Crippen molar-refractivity contribution >= 4 is 17.3 Å². The van der Waals surface area contributed by atoms with Crippen LogP contribution in [0.1, 0.15) is 16.7 Å². The van der Waals surface area contributed by atoms with Crippen LogP contribution in [0, 0.1) is 15.9 Å².